The number of pyridine rings is 1. The lowest BCUT2D eigenvalue weighted by atomic mass is 9.97. The van der Waals surface area contributed by atoms with Gasteiger partial charge in [-0.3, -0.25) is 19.9 Å². The molecule has 5 rings (SSSR count). The normalized spacial score (nSPS) is 17.4. The third-order valence-corrected chi connectivity index (χ3v) is 7.80. The molecular formula is C28H23F7N6O2S. The van der Waals surface area contributed by atoms with Crippen molar-refractivity contribution in [1.82, 2.24) is 25.6 Å². The molecule has 2 N–H and O–H groups in total. The minimum Gasteiger partial charge on any atom is -0.341 e. The zero-order valence-electron chi connectivity index (χ0n) is 22.6. The number of nitrogens with one attached hydrogen (secondary N) is 2. The van der Waals surface area contributed by atoms with E-state index in [-0.39, 0.29) is 29.1 Å². The van der Waals surface area contributed by atoms with Crippen LogP contribution in [0.2, 0.25) is 0 Å². The first-order valence-corrected chi connectivity index (χ1v) is 14.1. The molecule has 0 atom stereocenters. The van der Waals surface area contributed by atoms with Crippen molar-refractivity contribution in [2.24, 2.45) is 5.92 Å². The fourth-order valence-electron chi connectivity index (χ4n) is 4.85. The molecule has 4 heterocycles. The predicted octanol–water partition coefficient (Wildman–Crippen LogP) is 6.05. The zero-order valence-corrected chi connectivity index (χ0v) is 23.4. The number of piperidine rings is 1. The number of nitrogens with zero attached hydrogens (tertiary/aromatic N) is 4. The second-order valence-electron chi connectivity index (χ2n) is 10.1. The van der Waals surface area contributed by atoms with Crippen LogP contribution >= 0.6 is 11.8 Å². The molecule has 3 aromatic rings. The molecule has 2 aromatic heterocycles. The highest BCUT2D eigenvalue weighted by Crippen LogP contribution is 2.40. The lowest BCUT2D eigenvalue weighted by Crippen LogP contribution is -2.38. The number of thioether (sulfide) groups is 1. The van der Waals surface area contributed by atoms with Gasteiger partial charge in [-0.05, 0) is 67.4 Å². The molecule has 2 amide bonds. The highest BCUT2D eigenvalue weighted by molar-refractivity contribution is 8.18. The highest BCUT2D eigenvalue weighted by Gasteiger charge is 2.38. The summed E-state index contributed by atoms with van der Waals surface area (Å²) in [6, 6.07) is 4.59. The lowest BCUT2D eigenvalue weighted by molar-refractivity contribution is -0.142. The number of halogens is 7. The number of carbonyl (C=O) groups excluding carboxylic acids is 2. The summed E-state index contributed by atoms with van der Waals surface area (Å²) >= 11 is 0.792. The summed E-state index contributed by atoms with van der Waals surface area (Å²) in [5.74, 6) is -0.673. The Morgan fingerprint density at radius 2 is 1.75 bits per heavy atom. The number of alkyl halides is 6. The maximum absolute atomic E-state index is 14.4. The molecule has 232 valence electrons. The standard InChI is InChI=1S/C28H23F7N6O2S/c29-17-10-19(38-22(11-17)20-2-1-16(27(30,31)32)9-21(20)28(33,34)35)14-36-13-15-4-7-41(8-5-15)25-37-6-3-18(39-25)12-23-24(42)40-26(43)44-23/h1-3,6,9-12,15,36H,4-5,7-8,13-14H2,(H,40,42,43)/b23-12-. The number of benzene rings is 1. The minimum absolute atomic E-state index is 0.0000136. The molecule has 0 radical (unpaired) electrons. The number of carbonyl (C=O) groups is 2. The first kappa shape index (κ1) is 31.4. The molecule has 0 saturated carbocycles. The first-order valence-electron chi connectivity index (χ1n) is 13.2. The molecule has 2 saturated heterocycles. The van der Waals surface area contributed by atoms with Crippen molar-refractivity contribution in [3.63, 3.8) is 0 Å². The fourth-order valence-corrected chi connectivity index (χ4v) is 5.52. The quantitative estimate of drug-likeness (QED) is 0.238. The Kier molecular flexibility index (Phi) is 8.92. The minimum atomic E-state index is -5.12. The number of rotatable bonds is 7. The van der Waals surface area contributed by atoms with Crippen LogP contribution in [-0.4, -0.2) is 45.7 Å². The first-order chi connectivity index (χ1) is 20.8. The van der Waals surface area contributed by atoms with Gasteiger partial charge in [-0.2, -0.15) is 26.3 Å². The van der Waals surface area contributed by atoms with Gasteiger partial charge >= 0.3 is 12.4 Å². The van der Waals surface area contributed by atoms with Gasteiger partial charge in [0.05, 0.1) is 33.1 Å². The summed E-state index contributed by atoms with van der Waals surface area (Å²) in [4.78, 5) is 38.3. The van der Waals surface area contributed by atoms with E-state index < -0.39 is 51.7 Å². The second-order valence-corrected chi connectivity index (χ2v) is 11.1. The maximum atomic E-state index is 14.4. The zero-order chi connectivity index (χ0) is 31.6. The molecule has 16 heteroatoms. The Morgan fingerprint density at radius 1 is 1.00 bits per heavy atom. The van der Waals surface area contributed by atoms with Crippen molar-refractivity contribution in [2.45, 2.75) is 31.7 Å². The summed E-state index contributed by atoms with van der Waals surface area (Å²) < 4.78 is 94.4. The Bertz CT molecular complexity index is 1600. The molecular weight excluding hydrogens is 617 g/mol. The van der Waals surface area contributed by atoms with Crippen molar-refractivity contribution in [1.29, 1.82) is 0 Å². The summed E-state index contributed by atoms with van der Waals surface area (Å²) in [6.07, 6.45) is -5.53. The van der Waals surface area contributed by atoms with Crippen LogP contribution in [0.15, 0.2) is 47.5 Å². The summed E-state index contributed by atoms with van der Waals surface area (Å²) in [5.41, 5.74) is -3.52. The summed E-state index contributed by atoms with van der Waals surface area (Å²) in [7, 11) is 0. The van der Waals surface area contributed by atoms with E-state index >= 15 is 0 Å². The van der Waals surface area contributed by atoms with Gasteiger partial charge in [0.2, 0.25) is 5.95 Å². The number of amides is 2. The molecule has 44 heavy (non-hydrogen) atoms. The highest BCUT2D eigenvalue weighted by atomic mass is 32.2. The average Bonchev–Trinajstić information content (AvgIpc) is 3.27. The SMILES string of the molecule is O=C1NC(=O)/C(=C/c2ccnc(N3CCC(CNCc4cc(F)cc(-c5ccc(C(F)(F)F)cc5C(F)(F)F)n4)CC3)n2)S1. The van der Waals surface area contributed by atoms with Crippen LogP contribution in [0.4, 0.5) is 41.5 Å². The Labute approximate surface area is 250 Å². The molecule has 0 unspecified atom stereocenters. The van der Waals surface area contributed by atoms with Gasteiger partial charge in [0.1, 0.15) is 5.82 Å². The molecule has 2 fully saturated rings. The molecule has 0 bridgehead atoms. The van der Waals surface area contributed by atoms with E-state index in [1.807, 2.05) is 4.90 Å². The number of aromatic nitrogens is 3. The van der Waals surface area contributed by atoms with Gasteiger partial charge < -0.3 is 10.2 Å². The van der Waals surface area contributed by atoms with Crippen LogP contribution in [0.5, 0.6) is 0 Å². The molecule has 0 spiro atoms. The van der Waals surface area contributed by atoms with Crippen molar-refractivity contribution in [2.75, 3.05) is 24.5 Å². The monoisotopic (exact) mass is 640 g/mol. The number of anilines is 1. The van der Waals surface area contributed by atoms with E-state index in [2.05, 4.69) is 25.6 Å². The molecule has 1 aromatic carbocycles. The van der Waals surface area contributed by atoms with Crippen LogP contribution in [0.25, 0.3) is 17.3 Å². The average molecular weight is 641 g/mol. The van der Waals surface area contributed by atoms with Crippen molar-refractivity contribution in [3.8, 4) is 11.3 Å². The van der Waals surface area contributed by atoms with Gasteiger partial charge in [-0.15, -0.1) is 0 Å². The van der Waals surface area contributed by atoms with E-state index in [0.29, 0.717) is 43.4 Å². The number of imide groups is 1. The largest absolute Gasteiger partial charge is 0.417 e. The maximum Gasteiger partial charge on any atom is 0.417 e. The summed E-state index contributed by atoms with van der Waals surface area (Å²) in [6.45, 7) is 1.77. The third-order valence-electron chi connectivity index (χ3n) is 6.99. The molecule has 8 nitrogen and oxygen atoms in total. The van der Waals surface area contributed by atoms with Crippen LogP contribution < -0.4 is 15.5 Å². The Balaban J connectivity index is 1.19. The smallest absolute Gasteiger partial charge is 0.341 e. The topological polar surface area (TPSA) is 100 Å². The van der Waals surface area contributed by atoms with Gasteiger partial charge in [0.15, 0.2) is 0 Å². The van der Waals surface area contributed by atoms with Gasteiger partial charge in [-0.25, -0.2) is 14.4 Å². The molecule has 2 aliphatic rings. The van der Waals surface area contributed by atoms with E-state index in [1.54, 1.807) is 12.3 Å². The second kappa shape index (κ2) is 12.5. The van der Waals surface area contributed by atoms with Gasteiger partial charge in [0.25, 0.3) is 11.1 Å². The Morgan fingerprint density at radius 3 is 2.41 bits per heavy atom. The van der Waals surface area contributed by atoms with Crippen LogP contribution in [0, 0.1) is 11.7 Å². The predicted molar refractivity (Wildman–Crippen MR) is 147 cm³/mol. The molecule has 2 aliphatic heterocycles. The van der Waals surface area contributed by atoms with E-state index in [4.69, 9.17) is 0 Å². The van der Waals surface area contributed by atoms with Crippen LogP contribution in [0.1, 0.15) is 35.4 Å². The van der Waals surface area contributed by atoms with Gasteiger partial charge in [-0.1, -0.05) is 6.07 Å². The van der Waals surface area contributed by atoms with Crippen molar-refractivity contribution >= 4 is 34.9 Å². The van der Waals surface area contributed by atoms with Gasteiger partial charge in [0, 0.05) is 37.5 Å². The number of hydrogen-bond donors (Lipinski definition) is 2. The van der Waals surface area contributed by atoms with E-state index in [0.717, 1.165) is 36.7 Å². The van der Waals surface area contributed by atoms with Crippen LogP contribution in [-0.2, 0) is 23.7 Å². The molecule has 0 aliphatic carbocycles. The Hall–Kier alpha value is -4.05. The van der Waals surface area contributed by atoms with Crippen LogP contribution in [0.3, 0.4) is 0 Å². The third kappa shape index (κ3) is 7.53. The van der Waals surface area contributed by atoms with Crippen molar-refractivity contribution in [3.05, 3.63) is 75.8 Å². The fraction of sp³-hybridized carbons (Fsp3) is 0.321. The lowest BCUT2D eigenvalue weighted by Gasteiger charge is -2.32. The van der Waals surface area contributed by atoms with E-state index in [9.17, 15) is 40.3 Å². The van der Waals surface area contributed by atoms with E-state index in [1.165, 1.54) is 6.08 Å². The number of hydrogen-bond acceptors (Lipinski definition) is 8. The van der Waals surface area contributed by atoms with Crippen molar-refractivity contribution < 1.29 is 40.3 Å². The summed E-state index contributed by atoms with van der Waals surface area (Å²) in [5, 5.41) is 4.87.